The molecule has 27 heavy (non-hydrogen) atoms. The Morgan fingerprint density at radius 1 is 1.07 bits per heavy atom. The molecule has 0 spiro atoms. The summed E-state index contributed by atoms with van der Waals surface area (Å²) < 4.78 is 0. The van der Waals surface area contributed by atoms with Gasteiger partial charge in [-0.1, -0.05) is 37.3 Å². The fourth-order valence-corrected chi connectivity index (χ4v) is 4.99. The summed E-state index contributed by atoms with van der Waals surface area (Å²) >= 11 is 0. The molecule has 4 aliphatic heterocycles. The van der Waals surface area contributed by atoms with Crippen molar-refractivity contribution in [3.8, 4) is 0 Å². The summed E-state index contributed by atoms with van der Waals surface area (Å²) in [4.78, 5) is 12.3. The minimum Gasteiger partial charge on any atom is -0.355 e. The molecule has 5 rings (SSSR count). The van der Waals surface area contributed by atoms with Gasteiger partial charge >= 0.3 is 0 Å². The maximum atomic E-state index is 4.59. The van der Waals surface area contributed by atoms with E-state index in [1.807, 2.05) is 7.05 Å². The molecule has 0 aliphatic carbocycles. The molecule has 0 radical (unpaired) electrons. The number of fused-ring (bicyclic) bond motifs is 3. The first-order chi connectivity index (χ1) is 12.7. The van der Waals surface area contributed by atoms with Crippen molar-refractivity contribution in [3.05, 3.63) is 35.9 Å². The van der Waals surface area contributed by atoms with Gasteiger partial charge in [0.1, 0.15) is 0 Å². The van der Waals surface area contributed by atoms with Crippen LogP contribution in [0.4, 0.5) is 0 Å². The summed E-state index contributed by atoms with van der Waals surface area (Å²) in [6, 6.07) is 11.6. The zero-order chi connectivity index (χ0) is 17.9. The highest BCUT2D eigenvalue weighted by atomic mass is 127. The van der Waals surface area contributed by atoms with Gasteiger partial charge in [0.25, 0.3) is 0 Å². The largest absolute Gasteiger partial charge is 0.355 e. The van der Waals surface area contributed by atoms with Gasteiger partial charge in [-0.3, -0.25) is 14.8 Å². The predicted molar refractivity (Wildman–Crippen MR) is 123 cm³/mol. The third-order valence-electron chi connectivity index (χ3n) is 6.53. The predicted octanol–water partition coefficient (Wildman–Crippen LogP) is 2.31. The standard InChI is InChI=1S/C21H33N5.HI/c1-17-15-26(9-8-20(17)18-6-4-3-5-7-18)21(22-2)23-14-19-16-24-10-12-25(19)13-11-24;/h3-7,17,19-20H,8-16H2,1-2H3,(H,22,23);1H. The maximum Gasteiger partial charge on any atom is 0.193 e. The SMILES string of the molecule is CN=C(NCC1CN2CCN1CC2)N1CCC(c2ccccc2)C(C)C1.I. The molecule has 0 amide bonds. The maximum absolute atomic E-state index is 4.59. The van der Waals surface area contributed by atoms with Gasteiger partial charge in [-0.25, -0.2) is 0 Å². The lowest BCUT2D eigenvalue weighted by molar-refractivity contribution is 0.0151. The van der Waals surface area contributed by atoms with Gasteiger partial charge in [0, 0.05) is 65.4 Å². The number of nitrogens with one attached hydrogen (secondary N) is 1. The van der Waals surface area contributed by atoms with Crippen molar-refractivity contribution in [2.24, 2.45) is 10.9 Å². The number of hydrogen-bond donors (Lipinski definition) is 1. The quantitative estimate of drug-likeness (QED) is 0.407. The third kappa shape index (κ3) is 4.77. The number of benzene rings is 1. The molecule has 5 nitrogen and oxygen atoms in total. The Balaban J connectivity index is 0.00000210. The third-order valence-corrected chi connectivity index (χ3v) is 6.53. The molecule has 150 valence electrons. The van der Waals surface area contributed by atoms with Gasteiger partial charge in [-0.2, -0.15) is 0 Å². The second-order valence-electron chi connectivity index (χ2n) is 8.15. The van der Waals surface area contributed by atoms with Crippen LogP contribution < -0.4 is 5.32 Å². The van der Waals surface area contributed by atoms with E-state index in [1.165, 1.54) is 44.7 Å². The van der Waals surface area contributed by atoms with E-state index in [0.717, 1.165) is 25.6 Å². The lowest BCUT2D eigenvalue weighted by atomic mass is 9.82. The molecule has 3 unspecified atom stereocenters. The van der Waals surface area contributed by atoms with E-state index in [2.05, 4.69) is 62.3 Å². The van der Waals surface area contributed by atoms with Gasteiger partial charge in [0.05, 0.1) is 0 Å². The monoisotopic (exact) mass is 483 g/mol. The van der Waals surface area contributed by atoms with Crippen molar-refractivity contribution in [2.45, 2.75) is 25.3 Å². The van der Waals surface area contributed by atoms with Crippen LogP contribution in [-0.2, 0) is 0 Å². The Kier molecular flexibility index (Phi) is 7.39. The summed E-state index contributed by atoms with van der Waals surface area (Å²) in [5.41, 5.74) is 1.49. The lowest BCUT2D eigenvalue weighted by Gasteiger charge is -2.48. The number of rotatable bonds is 3. The normalized spacial score (nSPS) is 33.5. The van der Waals surface area contributed by atoms with Crippen molar-refractivity contribution in [3.63, 3.8) is 0 Å². The van der Waals surface area contributed by atoms with E-state index >= 15 is 0 Å². The molecule has 6 heteroatoms. The molecule has 3 atom stereocenters. The summed E-state index contributed by atoms with van der Waals surface area (Å²) in [5, 5.41) is 3.68. The molecule has 1 aromatic carbocycles. The number of piperidine rings is 1. The minimum absolute atomic E-state index is 0. The zero-order valence-electron chi connectivity index (χ0n) is 16.7. The number of halogens is 1. The van der Waals surface area contributed by atoms with Crippen LogP contribution >= 0.6 is 24.0 Å². The summed E-state index contributed by atoms with van der Waals surface area (Å²) in [6.07, 6.45) is 1.20. The first kappa shape index (κ1) is 20.9. The summed E-state index contributed by atoms with van der Waals surface area (Å²) in [5.74, 6) is 2.39. The average molecular weight is 483 g/mol. The van der Waals surface area contributed by atoms with Crippen molar-refractivity contribution in [1.29, 1.82) is 0 Å². The van der Waals surface area contributed by atoms with Crippen molar-refractivity contribution in [2.75, 3.05) is 59.4 Å². The van der Waals surface area contributed by atoms with Crippen LogP contribution in [0.25, 0.3) is 0 Å². The fraction of sp³-hybridized carbons (Fsp3) is 0.667. The number of piperazine rings is 3. The van der Waals surface area contributed by atoms with E-state index in [9.17, 15) is 0 Å². The molecule has 1 aromatic rings. The molecule has 4 aliphatic rings. The van der Waals surface area contributed by atoms with Gasteiger partial charge < -0.3 is 10.2 Å². The Hall–Kier alpha value is -0.860. The van der Waals surface area contributed by atoms with E-state index in [-0.39, 0.29) is 24.0 Å². The Morgan fingerprint density at radius 3 is 2.41 bits per heavy atom. The Bertz CT molecular complexity index is 614. The highest BCUT2D eigenvalue weighted by Gasteiger charge is 2.33. The number of aliphatic imine (C=N–C) groups is 1. The molecule has 4 saturated heterocycles. The zero-order valence-corrected chi connectivity index (χ0v) is 19.0. The number of hydrogen-bond acceptors (Lipinski definition) is 3. The van der Waals surface area contributed by atoms with Crippen LogP contribution in [0.2, 0.25) is 0 Å². The van der Waals surface area contributed by atoms with E-state index in [0.29, 0.717) is 17.9 Å². The second-order valence-corrected chi connectivity index (χ2v) is 8.15. The molecule has 4 heterocycles. The van der Waals surface area contributed by atoms with Gasteiger partial charge in [-0.05, 0) is 23.8 Å². The van der Waals surface area contributed by atoms with E-state index in [1.54, 1.807) is 0 Å². The molecule has 0 aromatic heterocycles. The first-order valence-electron chi connectivity index (χ1n) is 10.2. The fourth-order valence-electron chi connectivity index (χ4n) is 4.99. The molecular formula is C21H34IN5. The van der Waals surface area contributed by atoms with Crippen LogP contribution in [0.1, 0.15) is 24.8 Å². The average Bonchev–Trinajstić information content (AvgIpc) is 2.70. The molecular weight excluding hydrogens is 449 g/mol. The first-order valence-corrected chi connectivity index (χ1v) is 10.2. The topological polar surface area (TPSA) is 34.1 Å². The minimum atomic E-state index is 0. The molecule has 1 N–H and O–H groups in total. The number of nitrogens with zero attached hydrogens (tertiary/aromatic N) is 4. The van der Waals surface area contributed by atoms with Crippen molar-refractivity contribution < 1.29 is 0 Å². The van der Waals surface area contributed by atoms with E-state index < -0.39 is 0 Å². The number of likely N-dealkylation sites (tertiary alicyclic amines) is 1. The van der Waals surface area contributed by atoms with Crippen LogP contribution in [0.5, 0.6) is 0 Å². The van der Waals surface area contributed by atoms with Gasteiger partial charge in [-0.15, -0.1) is 24.0 Å². The number of guanidine groups is 1. The summed E-state index contributed by atoms with van der Waals surface area (Å²) in [6.45, 7) is 11.7. The van der Waals surface area contributed by atoms with Crippen molar-refractivity contribution in [1.82, 2.24) is 20.0 Å². The lowest BCUT2D eigenvalue weighted by Crippen LogP contribution is -2.64. The van der Waals surface area contributed by atoms with Crippen LogP contribution in [0, 0.1) is 5.92 Å². The Morgan fingerprint density at radius 2 is 1.81 bits per heavy atom. The van der Waals surface area contributed by atoms with Crippen LogP contribution in [0.15, 0.2) is 35.3 Å². The highest BCUT2D eigenvalue weighted by Crippen LogP contribution is 2.32. The molecule has 0 saturated carbocycles. The molecule has 2 bridgehead atoms. The van der Waals surface area contributed by atoms with Crippen molar-refractivity contribution >= 4 is 29.9 Å². The molecule has 4 fully saturated rings. The Labute approximate surface area is 181 Å². The smallest absolute Gasteiger partial charge is 0.193 e. The second kappa shape index (κ2) is 9.56. The van der Waals surface area contributed by atoms with Crippen LogP contribution in [0.3, 0.4) is 0 Å². The highest BCUT2D eigenvalue weighted by molar-refractivity contribution is 14.0. The van der Waals surface area contributed by atoms with Gasteiger partial charge in [0.2, 0.25) is 0 Å². The van der Waals surface area contributed by atoms with E-state index in [4.69, 9.17) is 0 Å². The summed E-state index contributed by atoms with van der Waals surface area (Å²) in [7, 11) is 1.92. The van der Waals surface area contributed by atoms with Crippen LogP contribution in [-0.4, -0.2) is 86.1 Å². The van der Waals surface area contributed by atoms with Gasteiger partial charge in [0.15, 0.2) is 5.96 Å².